The molecule has 0 saturated heterocycles. The summed E-state index contributed by atoms with van der Waals surface area (Å²) in [6.45, 7) is 0.171. The summed E-state index contributed by atoms with van der Waals surface area (Å²) in [5, 5.41) is 3.39. The highest BCUT2D eigenvalue weighted by molar-refractivity contribution is 7.27. The van der Waals surface area contributed by atoms with E-state index in [1.165, 1.54) is 5.56 Å². The Morgan fingerprint density at radius 3 is 2.00 bits per heavy atom. The molecular weight excluding hydrogens is 406 g/mol. The monoisotopic (exact) mass is 428 g/mol. The maximum Gasteiger partial charge on any atom is 0.230 e. The molecule has 0 aliphatic heterocycles. The zero-order valence-electron chi connectivity index (χ0n) is 16.5. The first-order chi connectivity index (χ1) is 14.7. The van der Waals surface area contributed by atoms with Crippen molar-refractivity contribution in [3.05, 3.63) is 102 Å². The second-order valence-corrected chi connectivity index (χ2v) is 7.93. The van der Waals surface area contributed by atoms with Gasteiger partial charge in [0.1, 0.15) is 11.5 Å². The summed E-state index contributed by atoms with van der Waals surface area (Å²) in [7, 11) is 5.40. The van der Waals surface area contributed by atoms with E-state index in [4.69, 9.17) is 9.47 Å². The Bertz CT molecular complexity index is 1200. The van der Waals surface area contributed by atoms with E-state index in [0.717, 1.165) is 44.9 Å². The van der Waals surface area contributed by atoms with E-state index in [9.17, 15) is 0 Å². The lowest BCUT2D eigenvalue weighted by atomic mass is 10.1. The highest BCUT2D eigenvalue weighted by atomic mass is 31.0. The van der Waals surface area contributed by atoms with Crippen molar-refractivity contribution in [2.75, 3.05) is 6.79 Å². The largest absolute Gasteiger partial charge is 0.458 e. The highest BCUT2D eigenvalue weighted by Crippen LogP contribution is 2.22. The van der Waals surface area contributed by atoms with Crippen LogP contribution in [0.4, 0.5) is 0 Å². The molecule has 4 heteroatoms. The molecule has 4 aromatic rings. The van der Waals surface area contributed by atoms with Gasteiger partial charge in [0.25, 0.3) is 0 Å². The van der Waals surface area contributed by atoms with Gasteiger partial charge in [-0.15, -0.1) is 18.5 Å². The normalized spacial score (nSPS) is 10.3. The molecule has 0 fully saturated rings. The van der Waals surface area contributed by atoms with Crippen molar-refractivity contribution >= 4 is 34.6 Å². The third-order valence-electron chi connectivity index (χ3n) is 4.68. The van der Waals surface area contributed by atoms with Crippen molar-refractivity contribution in [1.29, 1.82) is 0 Å². The molecule has 0 bridgehead atoms. The van der Waals surface area contributed by atoms with Crippen molar-refractivity contribution in [2.24, 2.45) is 0 Å². The second kappa shape index (κ2) is 9.77. The van der Waals surface area contributed by atoms with Crippen molar-refractivity contribution in [2.45, 2.75) is 6.16 Å². The summed E-state index contributed by atoms with van der Waals surface area (Å²) in [6.07, 6.45) is 0.937. The molecule has 0 spiro atoms. The summed E-state index contributed by atoms with van der Waals surface area (Å²) in [4.78, 5) is 0. The van der Waals surface area contributed by atoms with E-state index < -0.39 is 0 Å². The maximum absolute atomic E-state index is 5.76. The lowest BCUT2D eigenvalue weighted by Crippen LogP contribution is -2.05. The van der Waals surface area contributed by atoms with Crippen LogP contribution in [0.5, 0.6) is 11.5 Å². The minimum atomic E-state index is 0.171. The molecule has 0 N–H and O–H groups in total. The van der Waals surface area contributed by atoms with Crippen LogP contribution in [-0.4, -0.2) is 6.79 Å². The van der Waals surface area contributed by atoms with Crippen molar-refractivity contribution in [1.82, 2.24) is 0 Å². The summed E-state index contributed by atoms with van der Waals surface area (Å²) in [6, 6.07) is 28.4. The zero-order valence-corrected chi connectivity index (χ0v) is 18.8. The molecule has 30 heavy (non-hydrogen) atoms. The van der Waals surface area contributed by atoms with Crippen LogP contribution in [0, 0.1) is 11.8 Å². The van der Waals surface area contributed by atoms with E-state index in [1.54, 1.807) is 0 Å². The minimum absolute atomic E-state index is 0.171. The van der Waals surface area contributed by atoms with Crippen LogP contribution in [-0.2, 0) is 6.16 Å². The van der Waals surface area contributed by atoms with E-state index >= 15 is 0 Å². The molecule has 2 nitrogen and oxygen atoms in total. The third kappa shape index (κ3) is 5.40. The smallest absolute Gasteiger partial charge is 0.230 e. The van der Waals surface area contributed by atoms with Gasteiger partial charge in [0, 0.05) is 11.1 Å². The summed E-state index contributed by atoms with van der Waals surface area (Å²) < 4.78 is 11.4. The molecule has 4 rings (SSSR count). The topological polar surface area (TPSA) is 18.5 Å². The lowest BCUT2D eigenvalue weighted by Gasteiger charge is -2.10. The van der Waals surface area contributed by atoms with E-state index in [1.807, 2.05) is 60.7 Å². The molecule has 2 atom stereocenters. The maximum atomic E-state index is 5.76. The quantitative estimate of drug-likeness (QED) is 0.236. The van der Waals surface area contributed by atoms with Crippen LogP contribution in [0.25, 0.3) is 10.8 Å². The fourth-order valence-electron chi connectivity index (χ4n) is 2.99. The Morgan fingerprint density at radius 1 is 0.633 bits per heavy atom. The molecule has 0 aliphatic rings. The van der Waals surface area contributed by atoms with Gasteiger partial charge in [-0.05, 0) is 76.3 Å². The minimum Gasteiger partial charge on any atom is -0.458 e. The molecule has 2 unspecified atom stereocenters. The third-order valence-corrected chi connectivity index (χ3v) is 5.54. The average molecular weight is 428 g/mol. The van der Waals surface area contributed by atoms with E-state index in [2.05, 4.69) is 54.6 Å². The van der Waals surface area contributed by atoms with Gasteiger partial charge in [-0.2, -0.15) is 0 Å². The van der Waals surface area contributed by atoms with E-state index in [0.29, 0.717) is 0 Å². The van der Waals surface area contributed by atoms with Gasteiger partial charge in [0.2, 0.25) is 6.79 Å². The number of hydrogen-bond donors (Lipinski definition) is 0. The van der Waals surface area contributed by atoms with Crippen LogP contribution in [0.1, 0.15) is 16.7 Å². The van der Waals surface area contributed by atoms with Crippen LogP contribution in [0.15, 0.2) is 84.9 Å². The number of rotatable bonds is 5. The van der Waals surface area contributed by atoms with Crippen LogP contribution in [0.2, 0.25) is 0 Å². The Balaban J connectivity index is 1.40. The molecule has 0 aliphatic carbocycles. The van der Waals surface area contributed by atoms with Crippen molar-refractivity contribution in [3.8, 4) is 23.3 Å². The zero-order chi connectivity index (χ0) is 20.8. The molecular formula is C26H22O2P2. The first kappa shape index (κ1) is 20.4. The average Bonchev–Trinajstić information content (AvgIpc) is 2.79. The van der Waals surface area contributed by atoms with Crippen molar-refractivity contribution in [3.63, 3.8) is 0 Å². The second-order valence-electron chi connectivity index (χ2n) is 6.85. The Labute approximate surface area is 182 Å². The van der Waals surface area contributed by atoms with Crippen molar-refractivity contribution < 1.29 is 9.47 Å². The van der Waals surface area contributed by atoms with Gasteiger partial charge in [0.05, 0.1) is 0 Å². The molecule has 148 valence electrons. The van der Waals surface area contributed by atoms with Gasteiger partial charge >= 0.3 is 0 Å². The molecule has 0 radical (unpaired) electrons. The summed E-state index contributed by atoms with van der Waals surface area (Å²) in [5.74, 6) is 8.03. The molecule has 0 saturated carbocycles. The number of ether oxygens (including phenoxy) is 2. The highest BCUT2D eigenvalue weighted by Gasteiger charge is 2.00. The number of benzene rings is 4. The summed E-state index contributed by atoms with van der Waals surface area (Å²) >= 11 is 0. The van der Waals surface area contributed by atoms with Gasteiger partial charge in [-0.3, -0.25) is 0 Å². The first-order valence-electron chi connectivity index (χ1n) is 9.65. The van der Waals surface area contributed by atoms with Gasteiger partial charge in [-0.25, -0.2) is 0 Å². The molecule has 4 aromatic carbocycles. The fourth-order valence-corrected chi connectivity index (χ4v) is 3.45. The predicted octanol–water partition coefficient (Wildman–Crippen LogP) is 5.53. The lowest BCUT2D eigenvalue weighted by molar-refractivity contribution is 0.120. The van der Waals surface area contributed by atoms with Gasteiger partial charge in [-0.1, -0.05) is 48.2 Å². The standard InChI is InChI=1S/C26H22O2P2/c29-17-21-4-10-24(11-5-21)27-18-28-25-12-9-22-15-20(3-8-23(22)16-25)2-1-19-6-13-26(30)14-7-19/h3-16H,17-18,29-30H2. The Hall–Kier alpha value is -2.84. The first-order valence-corrected chi connectivity index (χ1v) is 11.0. The van der Waals surface area contributed by atoms with Crippen LogP contribution < -0.4 is 14.8 Å². The fraction of sp³-hybridized carbons (Fsp3) is 0.0769. The molecule has 0 aromatic heterocycles. The number of hydrogen-bond acceptors (Lipinski definition) is 2. The SMILES string of the molecule is PCc1ccc(OCOc2ccc3cc(C#Cc4ccc(P)cc4)ccc3c2)cc1. The Kier molecular flexibility index (Phi) is 6.66. The number of fused-ring (bicyclic) bond motifs is 1. The van der Waals surface area contributed by atoms with Crippen LogP contribution in [0.3, 0.4) is 0 Å². The predicted molar refractivity (Wildman–Crippen MR) is 132 cm³/mol. The van der Waals surface area contributed by atoms with Gasteiger partial charge < -0.3 is 9.47 Å². The van der Waals surface area contributed by atoms with E-state index in [-0.39, 0.29) is 6.79 Å². The summed E-state index contributed by atoms with van der Waals surface area (Å²) in [5.41, 5.74) is 3.25. The molecule has 0 heterocycles. The van der Waals surface area contributed by atoms with Crippen LogP contribution >= 0.6 is 18.5 Å². The molecule has 0 amide bonds. The Morgan fingerprint density at radius 2 is 1.23 bits per heavy atom. The van der Waals surface area contributed by atoms with Gasteiger partial charge in [0.15, 0.2) is 0 Å².